The average molecular weight is 417 g/mol. The minimum Gasteiger partial charge on any atom is -0.338 e. The van der Waals surface area contributed by atoms with E-state index < -0.39 is 17.8 Å². The van der Waals surface area contributed by atoms with Gasteiger partial charge in [0.05, 0.1) is 5.56 Å². The third-order valence-electron chi connectivity index (χ3n) is 4.50. The van der Waals surface area contributed by atoms with E-state index in [9.17, 15) is 18.0 Å². The number of nitrogens with one attached hydrogen (secondary N) is 2. The molecule has 7 heteroatoms. The van der Waals surface area contributed by atoms with Gasteiger partial charge in [0.15, 0.2) is 0 Å². The SMILES string of the molecule is CC/C(=C\C(CCCNC(=O)Nc1cccc(C(F)(F)F)c1)=NC)c1ccccc1. The summed E-state index contributed by atoms with van der Waals surface area (Å²) >= 11 is 0. The summed E-state index contributed by atoms with van der Waals surface area (Å²) in [7, 11) is 1.73. The van der Waals surface area contributed by atoms with Crippen LogP contribution in [0, 0.1) is 0 Å². The highest BCUT2D eigenvalue weighted by atomic mass is 19.4. The lowest BCUT2D eigenvalue weighted by atomic mass is 10.0. The molecule has 0 aliphatic heterocycles. The standard InChI is InChI=1S/C23H26F3N3O/c1-3-17(18-9-5-4-6-10-18)15-20(27-2)13-8-14-28-22(30)29-21-12-7-11-19(16-21)23(24,25)26/h4-7,9-12,15-16H,3,8,13-14H2,1-2H3,(H2,28,29,30)/b17-15+,27-20?. The Morgan fingerprint density at radius 2 is 1.83 bits per heavy atom. The van der Waals surface area contributed by atoms with Gasteiger partial charge in [-0.05, 0) is 54.7 Å². The van der Waals surface area contributed by atoms with Crippen LogP contribution in [0.5, 0.6) is 0 Å². The minimum atomic E-state index is -4.45. The molecule has 2 rings (SSSR count). The number of aliphatic imine (C=N–C) groups is 1. The Labute approximate surface area is 174 Å². The second-order valence-electron chi connectivity index (χ2n) is 6.67. The van der Waals surface area contributed by atoms with E-state index in [0.717, 1.165) is 29.8 Å². The molecule has 2 aromatic rings. The molecule has 0 radical (unpaired) electrons. The van der Waals surface area contributed by atoms with Crippen molar-refractivity contribution < 1.29 is 18.0 Å². The number of alkyl halides is 3. The molecule has 0 saturated carbocycles. The van der Waals surface area contributed by atoms with Crippen LogP contribution >= 0.6 is 0 Å². The Hall–Kier alpha value is -3.09. The summed E-state index contributed by atoms with van der Waals surface area (Å²) < 4.78 is 38.2. The van der Waals surface area contributed by atoms with Crippen molar-refractivity contribution in [2.24, 2.45) is 4.99 Å². The van der Waals surface area contributed by atoms with E-state index in [-0.39, 0.29) is 5.69 Å². The van der Waals surface area contributed by atoms with Crippen LogP contribution in [0.15, 0.2) is 65.7 Å². The highest BCUT2D eigenvalue weighted by Gasteiger charge is 2.30. The number of hydrogen-bond acceptors (Lipinski definition) is 2. The number of hydrogen-bond donors (Lipinski definition) is 2. The maximum absolute atomic E-state index is 12.7. The summed E-state index contributed by atoms with van der Waals surface area (Å²) in [4.78, 5) is 16.3. The number of amides is 2. The van der Waals surface area contributed by atoms with Crippen molar-refractivity contribution >= 4 is 23.0 Å². The first-order valence-electron chi connectivity index (χ1n) is 9.77. The fraction of sp³-hybridized carbons (Fsp3) is 0.304. The van der Waals surface area contributed by atoms with Gasteiger partial charge in [0.2, 0.25) is 0 Å². The van der Waals surface area contributed by atoms with Gasteiger partial charge in [0, 0.05) is 25.0 Å². The Balaban J connectivity index is 1.83. The van der Waals surface area contributed by atoms with Crippen LogP contribution in [0.3, 0.4) is 0 Å². The normalized spacial score (nSPS) is 12.6. The van der Waals surface area contributed by atoms with Gasteiger partial charge in [0.25, 0.3) is 0 Å². The number of carbonyl (C=O) groups is 1. The molecular weight excluding hydrogens is 391 g/mol. The van der Waals surface area contributed by atoms with Crippen molar-refractivity contribution in [1.29, 1.82) is 0 Å². The van der Waals surface area contributed by atoms with Gasteiger partial charge in [-0.1, -0.05) is 43.3 Å². The zero-order valence-corrected chi connectivity index (χ0v) is 17.1. The molecule has 2 amide bonds. The van der Waals surface area contributed by atoms with E-state index in [2.05, 4.69) is 40.8 Å². The monoisotopic (exact) mass is 417 g/mol. The molecular formula is C23H26F3N3O. The molecule has 4 nitrogen and oxygen atoms in total. The number of halogens is 3. The number of nitrogens with zero attached hydrogens (tertiary/aromatic N) is 1. The van der Waals surface area contributed by atoms with Crippen LogP contribution < -0.4 is 10.6 Å². The van der Waals surface area contributed by atoms with Gasteiger partial charge in [0.1, 0.15) is 0 Å². The summed E-state index contributed by atoms with van der Waals surface area (Å²) in [5.74, 6) is 0. The molecule has 0 unspecified atom stereocenters. The number of anilines is 1. The number of carbonyl (C=O) groups excluding carboxylic acids is 1. The van der Waals surface area contributed by atoms with Crippen LogP contribution in [-0.2, 0) is 6.18 Å². The van der Waals surface area contributed by atoms with E-state index in [1.165, 1.54) is 17.7 Å². The molecule has 0 aliphatic carbocycles. The summed E-state index contributed by atoms with van der Waals surface area (Å²) in [6, 6.07) is 14.1. The largest absolute Gasteiger partial charge is 0.416 e. The molecule has 30 heavy (non-hydrogen) atoms. The molecule has 160 valence electrons. The summed E-state index contributed by atoms with van der Waals surface area (Å²) in [6.45, 7) is 2.47. The lowest BCUT2D eigenvalue weighted by molar-refractivity contribution is -0.137. The van der Waals surface area contributed by atoms with E-state index >= 15 is 0 Å². The molecule has 2 aromatic carbocycles. The quantitative estimate of drug-likeness (QED) is 0.392. The van der Waals surface area contributed by atoms with E-state index in [4.69, 9.17) is 0 Å². The zero-order chi connectivity index (χ0) is 22.0. The fourth-order valence-electron chi connectivity index (χ4n) is 2.91. The van der Waals surface area contributed by atoms with Crippen LogP contribution in [0.1, 0.15) is 37.3 Å². The van der Waals surface area contributed by atoms with Gasteiger partial charge >= 0.3 is 12.2 Å². The van der Waals surface area contributed by atoms with Crippen molar-refractivity contribution in [3.63, 3.8) is 0 Å². The molecule has 0 spiro atoms. The number of urea groups is 1. The Kier molecular flexibility index (Phi) is 8.65. The van der Waals surface area contributed by atoms with Gasteiger partial charge in [-0.25, -0.2) is 4.79 Å². The molecule has 0 aliphatic rings. The van der Waals surface area contributed by atoms with Crippen LogP contribution in [-0.4, -0.2) is 25.3 Å². The summed E-state index contributed by atoms with van der Waals surface area (Å²) in [6.07, 6.45) is -0.172. The maximum Gasteiger partial charge on any atom is 0.416 e. The van der Waals surface area contributed by atoms with Crippen LogP contribution in [0.2, 0.25) is 0 Å². The number of rotatable bonds is 8. The van der Waals surface area contributed by atoms with E-state index in [0.29, 0.717) is 19.4 Å². The lowest BCUT2D eigenvalue weighted by Crippen LogP contribution is -2.29. The first-order valence-corrected chi connectivity index (χ1v) is 9.77. The van der Waals surface area contributed by atoms with Crippen molar-refractivity contribution in [3.8, 4) is 0 Å². The molecule has 0 heterocycles. The second-order valence-corrected chi connectivity index (χ2v) is 6.67. The highest BCUT2D eigenvalue weighted by Crippen LogP contribution is 2.30. The third kappa shape index (κ3) is 7.39. The lowest BCUT2D eigenvalue weighted by Gasteiger charge is -2.11. The summed E-state index contributed by atoms with van der Waals surface area (Å²) in [5, 5.41) is 5.09. The number of benzene rings is 2. The Morgan fingerprint density at radius 1 is 1.10 bits per heavy atom. The van der Waals surface area contributed by atoms with Crippen molar-refractivity contribution in [3.05, 3.63) is 71.8 Å². The highest BCUT2D eigenvalue weighted by molar-refractivity contribution is 6.00. The van der Waals surface area contributed by atoms with Crippen molar-refractivity contribution in [2.45, 2.75) is 32.4 Å². The molecule has 0 aromatic heterocycles. The Bertz CT molecular complexity index is 890. The van der Waals surface area contributed by atoms with E-state index in [1.54, 1.807) is 7.05 Å². The topological polar surface area (TPSA) is 53.5 Å². The summed E-state index contributed by atoms with van der Waals surface area (Å²) in [5.41, 5.74) is 2.56. The van der Waals surface area contributed by atoms with Crippen LogP contribution in [0.4, 0.5) is 23.7 Å². The van der Waals surface area contributed by atoms with Gasteiger partial charge in [-0.3, -0.25) is 4.99 Å². The van der Waals surface area contributed by atoms with Crippen molar-refractivity contribution in [1.82, 2.24) is 5.32 Å². The molecule has 0 saturated heterocycles. The maximum atomic E-state index is 12.7. The van der Waals surface area contributed by atoms with Gasteiger partial charge in [-0.2, -0.15) is 13.2 Å². The van der Waals surface area contributed by atoms with E-state index in [1.807, 2.05) is 18.2 Å². The van der Waals surface area contributed by atoms with Crippen LogP contribution in [0.25, 0.3) is 5.57 Å². The Morgan fingerprint density at radius 3 is 2.47 bits per heavy atom. The molecule has 0 atom stereocenters. The third-order valence-corrected chi connectivity index (χ3v) is 4.50. The molecule has 2 N–H and O–H groups in total. The fourth-order valence-corrected chi connectivity index (χ4v) is 2.91. The van der Waals surface area contributed by atoms with Crippen molar-refractivity contribution in [2.75, 3.05) is 18.9 Å². The van der Waals surface area contributed by atoms with Gasteiger partial charge < -0.3 is 10.6 Å². The molecule has 0 fully saturated rings. The number of allylic oxidation sites excluding steroid dienone is 2. The smallest absolute Gasteiger partial charge is 0.338 e. The predicted octanol–water partition coefficient (Wildman–Crippen LogP) is 6.17. The average Bonchev–Trinajstić information content (AvgIpc) is 2.73. The minimum absolute atomic E-state index is 0.0940. The first-order chi connectivity index (χ1) is 14.3. The predicted molar refractivity (Wildman–Crippen MR) is 116 cm³/mol. The first kappa shape index (κ1) is 23.2. The second kappa shape index (κ2) is 11.2. The van der Waals surface area contributed by atoms with Gasteiger partial charge in [-0.15, -0.1) is 0 Å². The molecule has 0 bridgehead atoms. The zero-order valence-electron chi connectivity index (χ0n) is 17.1.